The number of nitrogens with zero attached hydrogens (tertiary/aromatic N) is 3. The molecule has 35 heavy (non-hydrogen) atoms. The number of rotatable bonds is 3. The van der Waals surface area contributed by atoms with E-state index < -0.39 is 0 Å². The molecule has 0 unspecified atom stereocenters. The Morgan fingerprint density at radius 2 is 1.09 bits per heavy atom. The monoisotopic (exact) mass is 447 g/mol. The minimum atomic E-state index is 0.868. The second-order valence-electron chi connectivity index (χ2n) is 8.73. The number of pyridine rings is 2. The predicted molar refractivity (Wildman–Crippen MR) is 144 cm³/mol. The summed E-state index contributed by atoms with van der Waals surface area (Å²) in [5.74, 6) is 0. The molecule has 0 saturated heterocycles. The van der Waals surface area contributed by atoms with Gasteiger partial charge >= 0.3 is 0 Å². The molecule has 0 saturated carbocycles. The molecular weight excluding hydrogens is 426 g/mol. The van der Waals surface area contributed by atoms with E-state index in [-0.39, 0.29) is 0 Å². The molecule has 164 valence electrons. The summed E-state index contributed by atoms with van der Waals surface area (Å²) in [6.45, 7) is 0. The number of hydrogen-bond acceptors (Lipinski definition) is 2. The lowest BCUT2D eigenvalue weighted by molar-refractivity contribution is 1.19. The molecule has 0 bridgehead atoms. The van der Waals surface area contributed by atoms with Crippen molar-refractivity contribution in [3.8, 4) is 33.6 Å². The van der Waals surface area contributed by atoms with Gasteiger partial charge in [0.25, 0.3) is 0 Å². The van der Waals surface area contributed by atoms with E-state index in [4.69, 9.17) is 9.97 Å². The van der Waals surface area contributed by atoms with Crippen LogP contribution in [-0.4, -0.2) is 14.4 Å². The molecule has 3 nitrogen and oxygen atoms in total. The normalized spacial score (nSPS) is 11.4. The summed E-state index contributed by atoms with van der Waals surface area (Å²) in [6.07, 6.45) is 6.01. The van der Waals surface area contributed by atoms with Gasteiger partial charge in [-0.2, -0.15) is 0 Å². The van der Waals surface area contributed by atoms with Crippen molar-refractivity contribution in [1.29, 1.82) is 0 Å². The van der Waals surface area contributed by atoms with Crippen LogP contribution in [0, 0.1) is 0 Å². The largest absolute Gasteiger partial charge is 0.306 e. The second kappa shape index (κ2) is 7.93. The first kappa shape index (κ1) is 19.7. The Balaban J connectivity index is 1.46. The molecule has 0 aliphatic heterocycles. The van der Waals surface area contributed by atoms with E-state index in [1.807, 2.05) is 41.2 Å². The lowest BCUT2D eigenvalue weighted by Gasteiger charge is -2.17. The number of hydrogen-bond donors (Lipinski definition) is 0. The van der Waals surface area contributed by atoms with Crippen LogP contribution < -0.4 is 0 Å². The van der Waals surface area contributed by atoms with Crippen LogP contribution in [0.3, 0.4) is 0 Å². The highest BCUT2D eigenvalue weighted by Gasteiger charge is 2.16. The first-order valence-corrected chi connectivity index (χ1v) is 11.8. The van der Waals surface area contributed by atoms with Crippen molar-refractivity contribution in [2.45, 2.75) is 0 Å². The Kier molecular flexibility index (Phi) is 4.46. The Labute approximate surface area is 203 Å². The number of aromatic nitrogens is 3. The summed E-state index contributed by atoms with van der Waals surface area (Å²) in [7, 11) is 0. The van der Waals surface area contributed by atoms with E-state index in [2.05, 4.69) is 91.0 Å². The average molecular weight is 448 g/mol. The van der Waals surface area contributed by atoms with Gasteiger partial charge in [0.05, 0.1) is 5.69 Å². The SMILES string of the molecule is c1ccc(-c2c3ccccc3c(-c3ccc(-c4cn5ccccc5n4)nc3)c3ccccc23)cc1. The first-order chi connectivity index (χ1) is 17.4. The zero-order valence-corrected chi connectivity index (χ0v) is 19.0. The van der Waals surface area contributed by atoms with Gasteiger partial charge in [-0.15, -0.1) is 0 Å². The van der Waals surface area contributed by atoms with Gasteiger partial charge in [0.1, 0.15) is 11.3 Å². The van der Waals surface area contributed by atoms with Crippen molar-refractivity contribution in [2.24, 2.45) is 0 Å². The smallest absolute Gasteiger partial charge is 0.137 e. The third kappa shape index (κ3) is 3.21. The fraction of sp³-hybridized carbons (Fsp3) is 0. The highest BCUT2D eigenvalue weighted by molar-refractivity contribution is 6.21. The van der Waals surface area contributed by atoms with Gasteiger partial charge in [-0.05, 0) is 56.4 Å². The van der Waals surface area contributed by atoms with Gasteiger partial charge in [-0.1, -0.05) is 91.0 Å². The summed E-state index contributed by atoms with van der Waals surface area (Å²) in [5, 5.41) is 4.95. The van der Waals surface area contributed by atoms with Gasteiger partial charge in [0.2, 0.25) is 0 Å². The van der Waals surface area contributed by atoms with Crippen LogP contribution in [0.2, 0.25) is 0 Å². The van der Waals surface area contributed by atoms with Crippen LogP contribution in [-0.2, 0) is 0 Å². The Bertz CT molecular complexity index is 1740. The molecule has 3 heterocycles. The second-order valence-corrected chi connectivity index (χ2v) is 8.73. The zero-order valence-electron chi connectivity index (χ0n) is 19.0. The third-order valence-electron chi connectivity index (χ3n) is 6.67. The molecule has 3 aromatic heterocycles. The summed E-state index contributed by atoms with van der Waals surface area (Å²) >= 11 is 0. The maximum Gasteiger partial charge on any atom is 0.137 e. The molecule has 0 atom stereocenters. The summed E-state index contributed by atoms with van der Waals surface area (Å²) in [6, 6.07) is 38.3. The summed E-state index contributed by atoms with van der Waals surface area (Å²) in [4.78, 5) is 9.57. The fourth-order valence-corrected chi connectivity index (χ4v) is 5.11. The van der Waals surface area contributed by atoms with Crippen molar-refractivity contribution in [3.05, 3.63) is 128 Å². The van der Waals surface area contributed by atoms with Crippen molar-refractivity contribution >= 4 is 27.2 Å². The van der Waals surface area contributed by atoms with E-state index in [1.165, 1.54) is 38.2 Å². The van der Waals surface area contributed by atoms with Crippen molar-refractivity contribution in [1.82, 2.24) is 14.4 Å². The number of imidazole rings is 1. The van der Waals surface area contributed by atoms with Gasteiger partial charge < -0.3 is 4.40 Å². The molecule has 0 N–H and O–H groups in total. The fourth-order valence-electron chi connectivity index (χ4n) is 5.11. The van der Waals surface area contributed by atoms with Gasteiger partial charge in [0.15, 0.2) is 0 Å². The molecule has 7 aromatic rings. The van der Waals surface area contributed by atoms with E-state index >= 15 is 0 Å². The topological polar surface area (TPSA) is 30.2 Å². The van der Waals surface area contributed by atoms with Crippen molar-refractivity contribution in [3.63, 3.8) is 0 Å². The zero-order chi connectivity index (χ0) is 23.2. The number of benzene rings is 4. The Morgan fingerprint density at radius 1 is 0.486 bits per heavy atom. The van der Waals surface area contributed by atoms with Crippen LogP contribution in [0.1, 0.15) is 0 Å². The van der Waals surface area contributed by atoms with E-state index in [9.17, 15) is 0 Å². The van der Waals surface area contributed by atoms with Gasteiger partial charge in [-0.3, -0.25) is 4.98 Å². The van der Waals surface area contributed by atoms with Crippen LogP contribution in [0.4, 0.5) is 0 Å². The van der Waals surface area contributed by atoms with Crippen LogP contribution in [0.5, 0.6) is 0 Å². The molecule has 0 aliphatic rings. The maximum atomic E-state index is 4.84. The lowest BCUT2D eigenvalue weighted by atomic mass is 9.86. The first-order valence-electron chi connectivity index (χ1n) is 11.8. The molecule has 7 rings (SSSR count). The minimum absolute atomic E-state index is 0.868. The van der Waals surface area contributed by atoms with Crippen molar-refractivity contribution in [2.75, 3.05) is 0 Å². The highest BCUT2D eigenvalue weighted by Crippen LogP contribution is 2.43. The lowest BCUT2D eigenvalue weighted by Crippen LogP contribution is -1.91. The van der Waals surface area contributed by atoms with Gasteiger partial charge in [0, 0.05) is 24.2 Å². The molecule has 0 amide bonds. The van der Waals surface area contributed by atoms with Crippen LogP contribution in [0.15, 0.2) is 128 Å². The molecule has 0 fully saturated rings. The molecule has 4 aromatic carbocycles. The quantitative estimate of drug-likeness (QED) is 0.257. The third-order valence-corrected chi connectivity index (χ3v) is 6.67. The Morgan fingerprint density at radius 3 is 1.69 bits per heavy atom. The summed E-state index contributed by atoms with van der Waals surface area (Å²) < 4.78 is 2.02. The number of fused-ring (bicyclic) bond motifs is 3. The minimum Gasteiger partial charge on any atom is -0.306 e. The maximum absolute atomic E-state index is 4.84. The average Bonchev–Trinajstić information content (AvgIpc) is 3.37. The van der Waals surface area contributed by atoms with Crippen LogP contribution in [0.25, 0.3) is 60.8 Å². The van der Waals surface area contributed by atoms with Crippen LogP contribution >= 0.6 is 0 Å². The van der Waals surface area contributed by atoms with Gasteiger partial charge in [-0.25, -0.2) is 4.98 Å². The predicted octanol–water partition coefficient (Wildman–Crippen LogP) is 8.04. The molecule has 3 heteroatoms. The van der Waals surface area contributed by atoms with E-state index in [1.54, 1.807) is 0 Å². The van der Waals surface area contributed by atoms with Crippen molar-refractivity contribution < 1.29 is 0 Å². The van der Waals surface area contributed by atoms with E-state index in [0.717, 1.165) is 22.6 Å². The molecule has 0 aliphatic carbocycles. The highest BCUT2D eigenvalue weighted by atomic mass is 15.0. The standard InChI is InChI=1S/C32H21N3/c1-2-10-22(11-3-1)31-24-12-4-6-14-26(24)32(27-15-7-5-13-25(27)31)23-17-18-28(33-20-23)29-21-35-19-9-8-16-30(35)34-29/h1-21H. The molecular formula is C32H21N3. The molecule has 0 radical (unpaired) electrons. The van der Waals surface area contributed by atoms with E-state index in [0.29, 0.717) is 0 Å². The molecule has 0 spiro atoms. The Hall–Kier alpha value is -4.76. The summed E-state index contributed by atoms with van der Waals surface area (Å²) in [5.41, 5.74) is 7.47.